The van der Waals surface area contributed by atoms with Crippen LogP contribution >= 0.6 is 22.6 Å². The molecule has 12 heavy (non-hydrogen) atoms. The van der Waals surface area contributed by atoms with Crippen molar-refractivity contribution in [3.05, 3.63) is 35.4 Å². The largest absolute Gasteiger partial charge is 0.387 e. The number of aliphatic hydroxyl groups excluding tert-OH is 1. The smallest absolute Gasteiger partial charge is 0.0910 e. The first-order chi connectivity index (χ1) is 5.79. The van der Waals surface area contributed by atoms with Gasteiger partial charge in [0.25, 0.3) is 0 Å². The third-order valence-corrected chi connectivity index (χ3v) is 3.71. The summed E-state index contributed by atoms with van der Waals surface area (Å²) in [6, 6.07) is 8.18. The quantitative estimate of drug-likeness (QED) is 0.569. The Labute approximate surface area is 85.9 Å². The Bertz CT molecular complexity index is 285. The Morgan fingerprint density at radius 1 is 1.33 bits per heavy atom. The summed E-state index contributed by atoms with van der Waals surface area (Å²) in [6.45, 7) is 0. The molecule has 0 fully saturated rings. The van der Waals surface area contributed by atoms with Gasteiger partial charge in [0.2, 0.25) is 0 Å². The second-order valence-electron chi connectivity index (χ2n) is 3.20. The number of hydrogen-bond donors (Lipinski definition) is 1. The van der Waals surface area contributed by atoms with Crippen molar-refractivity contribution in [3.8, 4) is 0 Å². The molecule has 0 saturated carbocycles. The van der Waals surface area contributed by atoms with Gasteiger partial charge >= 0.3 is 0 Å². The summed E-state index contributed by atoms with van der Waals surface area (Å²) < 4.78 is 0.387. The third-order valence-electron chi connectivity index (χ3n) is 2.41. The Morgan fingerprint density at radius 3 is 2.92 bits per heavy atom. The molecule has 0 aromatic heterocycles. The summed E-state index contributed by atoms with van der Waals surface area (Å²) in [5.41, 5.74) is 2.45. The van der Waals surface area contributed by atoms with E-state index in [0.717, 1.165) is 18.4 Å². The lowest BCUT2D eigenvalue weighted by Crippen LogP contribution is -2.19. The third kappa shape index (κ3) is 1.38. The molecule has 2 heteroatoms. The van der Waals surface area contributed by atoms with Gasteiger partial charge in [0.05, 0.1) is 6.10 Å². The molecular formula is C10H11IO. The van der Waals surface area contributed by atoms with Gasteiger partial charge < -0.3 is 5.11 Å². The van der Waals surface area contributed by atoms with E-state index in [1.54, 1.807) is 0 Å². The van der Waals surface area contributed by atoms with Gasteiger partial charge in [0, 0.05) is 3.92 Å². The van der Waals surface area contributed by atoms with E-state index >= 15 is 0 Å². The number of hydrogen-bond acceptors (Lipinski definition) is 1. The van der Waals surface area contributed by atoms with Crippen LogP contribution in [0.4, 0.5) is 0 Å². The summed E-state index contributed by atoms with van der Waals surface area (Å²) in [7, 11) is 0. The lowest BCUT2D eigenvalue weighted by molar-refractivity contribution is 0.168. The summed E-state index contributed by atoms with van der Waals surface area (Å²) in [6.07, 6.45) is 1.95. The number of benzene rings is 1. The van der Waals surface area contributed by atoms with Gasteiger partial charge in [0.15, 0.2) is 0 Å². The maximum atomic E-state index is 9.82. The van der Waals surface area contributed by atoms with Gasteiger partial charge in [-0.25, -0.2) is 0 Å². The lowest BCUT2D eigenvalue weighted by Gasteiger charge is -2.25. The Kier molecular flexibility index (Phi) is 2.37. The Balaban J connectivity index is 2.42. The highest BCUT2D eigenvalue weighted by Gasteiger charge is 2.24. The molecule has 0 saturated heterocycles. The molecule has 0 amide bonds. The van der Waals surface area contributed by atoms with E-state index in [-0.39, 0.29) is 6.10 Å². The molecule has 0 bridgehead atoms. The molecule has 0 spiro atoms. The molecule has 0 aliphatic heterocycles. The highest BCUT2D eigenvalue weighted by atomic mass is 127. The van der Waals surface area contributed by atoms with Gasteiger partial charge in [-0.1, -0.05) is 46.9 Å². The minimum Gasteiger partial charge on any atom is -0.387 e. The standard InChI is InChI=1S/C10H11IO/c11-9-6-5-7-3-1-2-4-8(7)10(9)12/h1-4,9-10,12H,5-6H2. The lowest BCUT2D eigenvalue weighted by atomic mass is 9.90. The van der Waals surface area contributed by atoms with Gasteiger partial charge in [-0.15, -0.1) is 0 Å². The number of halogens is 1. The number of fused-ring (bicyclic) bond motifs is 1. The zero-order valence-electron chi connectivity index (χ0n) is 6.70. The Hall–Kier alpha value is -0.0900. The normalized spacial score (nSPS) is 28.2. The summed E-state index contributed by atoms with van der Waals surface area (Å²) in [5.74, 6) is 0. The van der Waals surface area contributed by atoms with Gasteiger partial charge in [0.1, 0.15) is 0 Å². The van der Waals surface area contributed by atoms with Crippen LogP contribution < -0.4 is 0 Å². The molecule has 1 aliphatic carbocycles. The molecule has 1 N–H and O–H groups in total. The number of rotatable bonds is 0. The van der Waals surface area contributed by atoms with E-state index in [4.69, 9.17) is 0 Å². The second kappa shape index (κ2) is 3.34. The van der Waals surface area contributed by atoms with E-state index in [1.165, 1.54) is 5.56 Å². The molecule has 0 heterocycles. The molecule has 1 nitrogen and oxygen atoms in total. The first-order valence-corrected chi connectivity index (χ1v) is 5.43. The second-order valence-corrected chi connectivity index (χ2v) is 4.80. The van der Waals surface area contributed by atoms with Crippen LogP contribution in [0.3, 0.4) is 0 Å². The van der Waals surface area contributed by atoms with Crippen LogP contribution in [0.2, 0.25) is 0 Å². The fraction of sp³-hybridized carbons (Fsp3) is 0.400. The van der Waals surface area contributed by atoms with E-state index in [9.17, 15) is 5.11 Å². The van der Waals surface area contributed by atoms with Crippen molar-refractivity contribution in [3.63, 3.8) is 0 Å². The SMILES string of the molecule is OC1c2ccccc2CCC1I. The van der Waals surface area contributed by atoms with Crippen LogP contribution in [0.15, 0.2) is 24.3 Å². The van der Waals surface area contributed by atoms with E-state index in [2.05, 4.69) is 28.7 Å². The fourth-order valence-corrected chi connectivity index (χ4v) is 2.40. The minimum absolute atomic E-state index is 0.254. The monoisotopic (exact) mass is 274 g/mol. The fourth-order valence-electron chi connectivity index (χ4n) is 1.70. The summed E-state index contributed by atoms with van der Waals surface area (Å²) in [4.78, 5) is 0. The summed E-state index contributed by atoms with van der Waals surface area (Å²) in [5, 5.41) is 9.82. The van der Waals surface area contributed by atoms with Crippen molar-refractivity contribution in [2.24, 2.45) is 0 Å². The molecule has 2 atom stereocenters. The first kappa shape index (κ1) is 8.51. The predicted octanol–water partition coefficient (Wildman–Crippen LogP) is 2.47. The zero-order valence-corrected chi connectivity index (χ0v) is 8.86. The molecule has 64 valence electrons. The molecule has 2 unspecified atom stereocenters. The molecule has 1 aromatic carbocycles. The van der Waals surface area contributed by atoms with Crippen LogP contribution in [0, 0.1) is 0 Å². The maximum absolute atomic E-state index is 9.82. The number of aliphatic hydroxyl groups is 1. The number of aryl methyl sites for hydroxylation is 1. The van der Waals surface area contributed by atoms with Crippen molar-refractivity contribution < 1.29 is 5.11 Å². The Morgan fingerprint density at radius 2 is 2.08 bits per heavy atom. The van der Waals surface area contributed by atoms with Crippen molar-refractivity contribution in [1.82, 2.24) is 0 Å². The van der Waals surface area contributed by atoms with Crippen molar-refractivity contribution >= 4 is 22.6 Å². The first-order valence-electron chi connectivity index (χ1n) is 4.19. The highest BCUT2D eigenvalue weighted by molar-refractivity contribution is 14.1. The number of alkyl halides is 1. The van der Waals surface area contributed by atoms with E-state index < -0.39 is 0 Å². The average molecular weight is 274 g/mol. The van der Waals surface area contributed by atoms with Crippen LogP contribution in [0.1, 0.15) is 23.7 Å². The molecule has 0 radical (unpaired) electrons. The molecule has 1 aromatic rings. The highest BCUT2D eigenvalue weighted by Crippen LogP contribution is 2.33. The minimum atomic E-state index is -0.254. The van der Waals surface area contributed by atoms with E-state index in [0.29, 0.717) is 3.92 Å². The molecule has 2 rings (SSSR count). The molecule has 1 aliphatic rings. The van der Waals surface area contributed by atoms with E-state index in [1.807, 2.05) is 18.2 Å². The van der Waals surface area contributed by atoms with Crippen molar-refractivity contribution in [2.45, 2.75) is 22.9 Å². The van der Waals surface area contributed by atoms with Crippen LogP contribution in [-0.4, -0.2) is 9.03 Å². The maximum Gasteiger partial charge on any atom is 0.0910 e. The van der Waals surface area contributed by atoms with Gasteiger partial charge in [-0.2, -0.15) is 0 Å². The van der Waals surface area contributed by atoms with Gasteiger partial charge in [-0.05, 0) is 24.0 Å². The average Bonchev–Trinajstić information content (AvgIpc) is 2.12. The van der Waals surface area contributed by atoms with Gasteiger partial charge in [-0.3, -0.25) is 0 Å². The summed E-state index contributed by atoms with van der Waals surface area (Å²) >= 11 is 2.33. The zero-order chi connectivity index (χ0) is 8.55. The van der Waals surface area contributed by atoms with Crippen molar-refractivity contribution in [1.29, 1.82) is 0 Å². The predicted molar refractivity (Wildman–Crippen MR) is 57.5 cm³/mol. The van der Waals surface area contributed by atoms with Crippen molar-refractivity contribution in [2.75, 3.05) is 0 Å². The van der Waals surface area contributed by atoms with Crippen LogP contribution in [0.25, 0.3) is 0 Å². The van der Waals surface area contributed by atoms with Crippen LogP contribution in [0.5, 0.6) is 0 Å². The topological polar surface area (TPSA) is 20.2 Å². The molecular weight excluding hydrogens is 263 g/mol. The van der Waals surface area contributed by atoms with Crippen LogP contribution in [-0.2, 0) is 6.42 Å².